The molecule has 0 bridgehead atoms. The molecule has 0 aliphatic rings. The fourth-order valence-corrected chi connectivity index (χ4v) is 4.38. The normalized spacial score (nSPS) is 11.7. The van der Waals surface area contributed by atoms with Gasteiger partial charge in [0.05, 0.1) is 31.9 Å². The van der Waals surface area contributed by atoms with Crippen molar-refractivity contribution < 1.29 is 18.7 Å². The van der Waals surface area contributed by atoms with E-state index in [4.69, 9.17) is 13.9 Å². The van der Waals surface area contributed by atoms with E-state index in [1.165, 1.54) is 18.9 Å². The minimum Gasteiger partial charge on any atom is -0.494 e. The molecule has 1 aromatic carbocycles. The summed E-state index contributed by atoms with van der Waals surface area (Å²) in [6.07, 6.45) is 4.00. The number of hydrogen-bond donors (Lipinski definition) is 2. The number of aryl methyl sites for hydroxylation is 1. The molecule has 1 amide bonds. The molecule has 4 aromatic rings. The van der Waals surface area contributed by atoms with Crippen LogP contribution in [0.3, 0.4) is 0 Å². The van der Waals surface area contributed by atoms with E-state index in [2.05, 4.69) is 32.1 Å². The van der Waals surface area contributed by atoms with Gasteiger partial charge in [0.25, 0.3) is 0 Å². The maximum Gasteiger partial charge on any atom is 0.239 e. The topological polar surface area (TPSA) is 116 Å². The Morgan fingerprint density at radius 2 is 1.92 bits per heavy atom. The van der Waals surface area contributed by atoms with Crippen LogP contribution in [0.1, 0.15) is 25.1 Å². The lowest BCUT2D eigenvalue weighted by Crippen LogP contribution is -2.14. The van der Waals surface area contributed by atoms with Gasteiger partial charge in [0, 0.05) is 24.8 Å². The van der Waals surface area contributed by atoms with E-state index >= 15 is 0 Å². The van der Waals surface area contributed by atoms with Gasteiger partial charge in [-0.2, -0.15) is 0 Å². The number of furan rings is 1. The maximum absolute atomic E-state index is 11.6. The number of hydrogen-bond acceptors (Lipinski definition) is 9. The minimum atomic E-state index is -0.133. The summed E-state index contributed by atoms with van der Waals surface area (Å²) in [7, 11) is 3.20. The van der Waals surface area contributed by atoms with Gasteiger partial charge in [0.2, 0.25) is 17.7 Å². The number of benzene rings is 1. The lowest BCUT2D eigenvalue weighted by molar-refractivity contribution is -0.114. The van der Waals surface area contributed by atoms with Gasteiger partial charge in [-0.05, 0) is 54.8 Å². The number of para-hydroxylation sites is 1. The zero-order chi connectivity index (χ0) is 25.7. The molecule has 0 fully saturated rings. The first-order valence-electron chi connectivity index (χ1n) is 11.3. The summed E-state index contributed by atoms with van der Waals surface area (Å²) in [5, 5.41) is 11.7. The van der Waals surface area contributed by atoms with Crippen LogP contribution >= 0.6 is 11.9 Å². The Morgan fingerprint density at radius 3 is 2.56 bits per heavy atom. The van der Waals surface area contributed by atoms with Gasteiger partial charge in [0.1, 0.15) is 17.2 Å². The largest absolute Gasteiger partial charge is 0.494 e. The van der Waals surface area contributed by atoms with E-state index in [1.807, 2.05) is 41.8 Å². The van der Waals surface area contributed by atoms with E-state index in [-0.39, 0.29) is 11.2 Å². The molecule has 1 unspecified atom stereocenters. The molecule has 4 rings (SSSR count). The van der Waals surface area contributed by atoms with Crippen molar-refractivity contribution in [2.45, 2.75) is 32.4 Å². The number of carbonyl (C=O) groups excluding carboxylic acids is 1. The Kier molecular flexibility index (Phi) is 7.79. The molecule has 3 heterocycles. The quantitative estimate of drug-likeness (QED) is 0.289. The van der Waals surface area contributed by atoms with Crippen LogP contribution in [-0.4, -0.2) is 45.1 Å². The molecule has 1 atom stereocenters. The van der Waals surface area contributed by atoms with Crippen molar-refractivity contribution in [3.05, 3.63) is 60.1 Å². The van der Waals surface area contributed by atoms with Crippen molar-refractivity contribution in [1.82, 2.24) is 19.7 Å². The number of amides is 1. The highest BCUT2D eigenvalue weighted by Crippen LogP contribution is 2.38. The SMILES string of the molecule is COc1cccc(OC)c1-n1c(NSC(C)Cc2ncc(C)cc2NC(C)=O)nnc1-c1ccco1. The molecule has 11 heteroatoms. The Labute approximate surface area is 213 Å². The molecule has 10 nitrogen and oxygen atoms in total. The molecule has 188 valence electrons. The predicted molar refractivity (Wildman–Crippen MR) is 140 cm³/mol. The second-order valence-corrected chi connectivity index (χ2v) is 9.34. The van der Waals surface area contributed by atoms with Crippen LogP contribution in [0.2, 0.25) is 0 Å². The first-order chi connectivity index (χ1) is 17.4. The monoisotopic (exact) mass is 508 g/mol. The molecule has 0 spiro atoms. The molecule has 0 aliphatic carbocycles. The molecule has 3 aromatic heterocycles. The number of anilines is 2. The summed E-state index contributed by atoms with van der Waals surface area (Å²) in [5.41, 5.74) is 3.15. The van der Waals surface area contributed by atoms with Crippen LogP contribution in [-0.2, 0) is 11.2 Å². The van der Waals surface area contributed by atoms with Crippen molar-refractivity contribution in [1.29, 1.82) is 0 Å². The molecule has 0 saturated heterocycles. The Bertz CT molecular complexity index is 1320. The van der Waals surface area contributed by atoms with E-state index in [0.717, 1.165) is 16.9 Å². The Morgan fingerprint density at radius 1 is 1.17 bits per heavy atom. The second kappa shape index (κ2) is 11.2. The number of aromatic nitrogens is 4. The fourth-order valence-electron chi connectivity index (χ4n) is 3.70. The first-order valence-corrected chi connectivity index (χ1v) is 12.1. The molecule has 2 N–H and O–H groups in total. The van der Waals surface area contributed by atoms with E-state index in [0.29, 0.717) is 41.1 Å². The molecule has 0 saturated carbocycles. The molecule has 0 radical (unpaired) electrons. The Hall–Kier alpha value is -3.99. The van der Waals surface area contributed by atoms with Gasteiger partial charge < -0.3 is 19.2 Å². The minimum absolute atomic E-state index is 0.0736. The lowest BCUT2D eigenvalue weighted by atomic mass is 10.1. The summed E-state index contributed by atoms with van der Waals surface area (Å²) >= 11 is 1.46. The van der Waals surface area contributed by atoms with E-state index in [9.17, 15) is 4.79 Å². The van der Waals surface area contributed by atoms with Gasteiger partial charge in [0.15, 0.2) is 5.76 Å². The third-order valence-electron chi connectivity index (χ3n) is 5.28. The predicted octanol–water partition coefficient (Wildman–Crippen LogP) is 4.90. The van der Waals surface area contributed by atoms with E-state index < -0.39 is 0 Å². The van der Waals surface area contributed by atoms with E-state index in [1.54, 1.807) is 32.7 Å². The summed E-state index contributed by atoms with van der Waals surface area (Å²) in [5.74, 6) is 2.56. The zero-order valence-electron chi connectivity index (χ0n) is 20.7. The van der Waals surface area contributed by atoms with Gasteiger partial charge in [-0.1, -0.05) is 13.0 Å². The van der Waals surface area contributed by atoms with Crippen LogP contribution in [0, 0.1) is 6.92 Å². The summed E-state index contributed by atoms with van der Waals surface area (Å²) < 4.78 is 22.0. The summed E-state index contributed by atoms with van der Waals surface area (Å²) in [4.78, 5) is 16.2. The third-order valence-corrected chi connectivity index (χ3v) is 6.15. The highest BCUT2D eigenvalue weighted by Gasteiger charge is 2.24. The fraction of sp³-hybridized carbons (Fsp3) is 0.280. The van der Waals surface area contributed by atoms with Crippen LogP contribution < -0.4 is 19.5 Å². The molecule has 36 heavy (non-hydrogen) atoms. The number of ether oxygens (including phenoxy) is 2. The lowest BCUT2D eigenvalue weighted by Gasteiger charge is -2.18. The number of methoxy groups -OCH3 is 2. The Balaban J connectivity index is 1.63. The smallest absolute Gasteiger partial charge is 0.239 e. The number of nitrogens with one attached hydrogen (secondary N) is 2. The van der Waals surface area contributed by atoms with Gasteiger partial charge >= 0.3 is 0 Å². The van der Waals surface area contributed by atoms with Crippen LogP contribution in [0.4, 0.5) is 11.6 Å². The van der Waals surface area contributed by atoms with Crippen molar-refractivity contribution in [2.24, 2.45) is 0 Å². The standard InChI is InChI=1S/C25H28N6O4S/c1-15-12-19(27-17(3)32)18(26-14-15)13-16(2)36-30-25-29-28-24(22-10-7-11-35-22)31(25)23-20(33-4)8-6-9-21(23)34-5/h6-12,14,16H,13H2,1-5H3,(H,27,32)(H,29,30). The number of carbonyl (C=O) groups is 1. The van der Waals surface area contributed by atoms with Crippen LogP contribution in [0.15, 0.2) is 53.3 Å². The highest BCUT2D eigenvalue weighted by atomic mass is 32.2. The number of rotatable bonds is 10. The van der Waals surface area contributed by atoms with Gasteiger partial charge in [-0.3, -0.25) is 19.1 Å². The van der Waals surface area contributed by atoms with Gasteiger partial charge in [-0.25, -0.2) is 0 Å². The first kappa shape index (κ1) is 25.1. The van der Waals surface area contributed by atoms with Crippen LogP contribution in [0.25, 0.3) is 17.3 Å². The second-order valence-electron chi connectivity index (χ2n) is 8.09. The number of nitrogens with zero attached hydrogens (tertiary/aromatic N) is 4. The zero-order valence-corrected chi connectivity index (χ0v) is 21.5. The molecule has 0 aliphatic heterocycles. The van der Waals surface area contributed by atoms with Gasteiger partial charge in [-0.15, -0.1) is 10.2 Å². The number of pyridine rings is 1. The van der Waals surface area contributed by atoms with Crippen molar-refractivity contribution in [3.8, 4) is 28.8 Å². The van der Waals surface area contributed by atoms with Crippen molar-refractivity contribution in [2.75, 3.05) is 24.3 Å². The average Bonchev–Trinajstić information content (AvgIpc) is 3.53. The molecular weight excluding hydrogens is 480 g/mol. The summed E-state index contributed by atoms with van der Waals surface area (Å²) in [6.45, 7) is 5.49. The maximum atomic E-state index is 11.6. The van der Waals surface area contributed by atoms with Crippen molar-refractivity contribution in [3.63, 3.8) is 0 Å². The average molecular weight is 509 g/mol. The third kappa shape index (κ3) is 5.46. The summed E-state index contributed by atoms with van der Waals surface area (Å²) in [6, 6.07) is 11.1. The molecular formula is C25H28N6O4S. The van der Waals surface area contributed by atoms with Crippen LogP contribution in [0.5, 0.6) is 11.5 Å². The highest BCUT2D eigenvalue weighted by molar-refractivity contribution is 8.01. The van der Waals surface area contributed by atoms with Crippen molar-refractivity contribution >= 4 is 29.5 Å².